The van der Waals surface area contributed by atoms with Crippen LogP contribution < -0.4 is 9.64 Å². The highest BCUT2D eigenvalue weighted by molar-refractivity contribution is 7.99. The van der Waals surface area contributed by atoms with Crippen molar-refractivity contribution in [3.8, 4) is 11.5 Å². The minimum atomic E-state index is -1.82. The van der Waals surface area contributed by atoms with E-state index in [1.54, 1.807) is 11.8 Å². The van der Waals surface area contributed by atoms with Gasteiger partial charge in [-0.25, -0.2) is 9.98 Å². The molecule has 4 aromatic carbocycles. The van der Waals surface area contributed by atoms with Crippen molar-refractivity contribution in [3.63, 3.8) is 0 Å². The molecule has 1 aromatic heterocycles. The number of hydrogen-bond acceptors (Lipinski definition) is 6. The van der Waals surface area contributed by atoms with Crippen molar-refractivity contribution in [2.45, 2.75) is 135 Å². The number of aromatic nitrogens is 1. The van der Waals surface area contributed by atoms with Crippen molar-refractivity contribution >= 4 is 34.9 Å². The van der Waals surface area contributed by atoms with Crippen molar-refractivity contribution in [2.75, 3.05) is 4.90 Å². The molecule has 5 nitrogen and oxygen atoms in total. The Labute approximate surface area is 341 Å². The Kier molecular flexibility index (Phi) is 8.14. The van der Waals surface area contributed by atoms with Gasteiger partial charge in [0.25, 0.3) is 0 Å². The van der Waals surface area contributed by atoms with Gasteiger partial charge >= 0.3 is 0 Å². The van der Waals surface area contributed by atoms with Crippen LogP contribution in [0.2, 0.25) is 0 Å². The predicted octanol–water partition coefficient (Wildman–Crippen LogP) is 13.7. The van der Waals surface area contributed by atoms with Crippen molar-refractivity contribution in [1.82, 2.24) is 4.98 Å². The van der Waals surface area contributed by atoms with E-state index in [0.29, 0.717) is 17.2 Å². The molecular weight excluding hydrogens is 707 g/mol. The second kappa shape index (κ2) is 12.7. The Morgan fingerprint density at radius 1 is 0.750 bits per heavy atom. The fourth-order valence-corrected chi connectivity index (χ4v) is 9.64. The van der Waals surface area contributed by atoms with Gasteiger partial charge in [0.1, 0.15) is 28.5 Å². The first kappa shape index (κ1) is 35.8. The topological polar surface area (TPSA) is 47.0 Å². The van der Waals surface area contributed by atoms with Crippen LogP contribution in [0.4, 0.5) is 17.2 Å². The second-order valence-electron chi connectivity index (χ2n) is 19.4. The maximum Gasteiger partial charge on any atom is 0.217 e. The molecule has 0 saturated carbocycles. The van der Waals surface area contributed by atoms with Gasteiger partial charge in [-0.3, -0.25) is 4.90 Å². The summed E-state index contributed by atoms with van der Waals surface area (Å²) in [5, 5.41) is 0. The minimum Gasteiger partial charge on any atom is -0.467 e. The smallest absolute Gasteiger partial charge is 0.217 e. The molecule has 0 saturated heterocycles. The molecule has 0 radical (unpaired) electrons. The van der Waals surface area contributed by atoms with Gasteiger partial charge in [-0.15, -0.1) is 0 Å². The normalized spacial score (nSPS) is 21.6. The number of anilines is 3. The third kappa shape index (κ3) is 6.14. The van der Waals surface area contributed by atoms with Crippen LogP contribution >= 0.6 is 11.8 Å². The lowest BCUT2D eigenvalue weighted by Crippen LogP contribution is -2.54. The molecule has 5 aromatic rings. The molecule has 2 aliphatic heterocycles. The summed E-state index contributed by atoms with van der Waals surface area (Å²) in [6.45, 7) is 29.9. The van der Waals surface area contributed by atoms with Gasteiger partial charge in [0.2, 0.25) is 5.90 Å². The summed E-state index contributed by atoms with van der Waals surface area (Å²) in [7, 11) is 0. The highest BCUT2D eigenvalue weighted by Crippen LogP contribution is 2.61. The molecule has 8 rings (SSSR count). The van der Waals surface area contributed by atoms with Crippen LogP contribution in [0.1, 0.15) is 122 Å². The molecule has 56 heavy (non-hydrogen) atoms. The average Bonchev–Trinajstić information content (AvgIpc) is 3.53. The number of pyridine rings is 1. The van der Waals surface area contributed by atoms with E-state index in [9.17, 15) is 2.74 Å². The van der Waals surface area contributed by atoms with Gasteiger partial charge in [-0.05, 0) is 138 Å². The SMILES string of the molecule is [2H]C1([2H])c2cc(C)c(C)cc2[C@@]2(C)N=C(c3cc(Oc4cc5c(cc4C)Sc4cc(C)ccc4N5c4cc(C(C)(C)C)ccn4)cc(C(C)(C)C)c3)O[C@@]12C(C)(C)C. The third-order valence-electron chi connectivity index (χ3n) is 11.9. The van der Waals surface area contributed by atoms with Crippen LogP contribution in [0.25, 0.3) is 0 Å². The summed E-state index contributed by atoms with van der Waals surface area (Å²) in [5.74, 6) is 2.70. The van der Waals surface area contributed by atoms with E-state index < -0.39 is 22.9 Å². The zero-order valence-corrected chi connectivity index (χ0v) is 36.4. The molecule has 290 valence electrons. The number of hydrogen-bond donors (Lipinski definition) is 0. The molecule has 0 amide bonds. The van der Waals surface area contributed by atoms with Gasteiger partial charge in [0, 0.05) is 42.1 Å². The first-order valence-corrected chi connectivity index (χ1v) is 20.6. The molecule has 3 aliphatic rings. The summed E-state index contributed by atoms with van der Waals surface area (Å²) in [5.41, 5.74) is 7.93. The molecule has 1 aliphatic carbocycles. The van der Waals surface area contributed by atoms with Crippen molar-refractivity contribution < 1.29 is 12.2 Å². The minimum absolute atomic E-state index is 0.0430. The van der Waals surface area contributed by atoms with E-state index in [1.165, 1.54) is 16.0 Å². The van der Waals surface area contributed by atoms with E-state index in [2.05, 4.69) is 156 Å². The molecule has 0 unspecified atom stereocenters. The summed E-state index contributed by atoms with van der Waals surface area (Å²) in [6.07, 6.45) is 0.0948. The largest absolute Gasteiger partial charge is 0.467 e. The quantitative estimate of drug-likeness (QED) is 0.179. The van der Waals surface area contributed by atoms with E-state index in [4.69, 9.17) is 19.5 Å². The molecular formula is C50H57N3O2S. The highest BCUT2D eigenvalue weighted by Gasteiger charge is 2.66. The van der Waals surface area contributed by atoms with Crippen molar-refractivity contribution in [2.24, 2.45) is 10.4 Å². The van der Waals surface area contributed by atoms with Crippen LogP contribution in [0.15, 0.2) is 93.8 Å². The molecule has 3 heterocycles. The molecule has 0 spiro atoms. The fourth-order valence-electron chi connectivity index (χ4n) is 8.40. The Balaban J connectivity index is 1.26. The van der Waals surface area contributed by atoms with Crippen LogP contribution in [0.5, 0.6) is 11.5 Å². The number of ether oxygens (including phenoxy) is 2. The summed E-state index contributed by atoms with van der Waals surface area (Å²) < 4.78 is 33.7. The van der Waals surface area contributed by atoms with E-state index in [0.717, 1.165) is 61.2 Å². The van der Waals surface area contributed by atoms with E-state index in [-0.39, 0.29) is 10.8 Å². The van der Waals surface area contributed by atoms with Crippen LogP contribution in [0, 0.1) is 33.1 Å². The molecule has 0 fully saturated rings. The standard InChI is InChI=1S/C50H57N3O2S/c1-29-15-16-39-42(19-29)56-43-22-32(4)41(27-40(43)53(39)44-26-35(17-18-51-44)46(5,6)7)54-37-24-33(23-36(25-37)47(8,9)10)45-52-49(14)38-21-31(3)30(2)20-34(38)28-50(49,55-45)48(11,12)13/h15-27H,28H2,1-14H3/t49-,50-/m1/s1/i28D2. The lowest BCUT2D eigenvalue weighted by atomic mass is 9.66. The number of nitrogens with zero attached hydrogens (tertiary/aromatic N) is 3. The maximum atomic E-state index is 9.79. The molecule has 0 N–H and O–H groups in total. The van der Waals surface area contributed by atoms with Crippen LogP contribution in [0.3, 0.4) is 0 Å². The van der Waals surface area contributed by atoms with Crippen LogP contribution in [-0.2, 0) is 27.5 Å². The lowest BCUT2D eigenvalue weighted by molar-refractivity contribution is -0.0673. The Hall–Kier alpha value is -4.55. The monoisotopic (exact) mass is 765 g/mol. The Morgan fingerprint density at radius 2 is 1.45 bits per heavy atom. The number of aliphatic imine (C=N–C) groups is 1. The number of fused-ring (bicyclic) bond motifs is 5. The van der Waals surface area contributed by atoms with Gasteiger partial charge < -0.3 is 9.47 Å². The highest BCUT2D eigenvalue weighted by atomic mass is 32.2. The predicted molar refractivity (Wildman–Crippen MR) is 233 cm³/mol. The van der Waals surface area contributed by atoms with Crippen molar-refractivity contribution in [1.29, 1.82) is 0 Å². The Morgan fingerprint density at radius 3 is 2.14 bits per heavy atom. The zero-order valence-electron chi connectivity index (χ0n) is 37.6. The second-order valence-corrected chi connectivity index (χ2v) is 20.5. The van der Waals surface area contributed by atoms with Crippen LogP contribution in [-0.4, -0.2) is 16.5 Å². The molecule has 0 bridgehead atoms. The van der Waals surface area contributed by atoms with E-state index >= 15 is 0 Å². The Bertz CT molecular complexity index is 2560. The summed E-state index contributed by atoms with van der Waals surface area (Å²) >= 11 is 1.78. The van der Waals surface area contributed by atoms with E-state index in [1.807, 2.05) is 25.3 Å². The third-order valence-corrected chi connectivity index (χ3v) is 13.0. The van der Waals surface area contributed by atoms with Gasteiger partial charge in [0.05, 0.1) is 11.4 Å². The fraction of sp³-hybridized carbons (Fsp3) is 0.400. The molecule has 6 heteroatoms. The van der Waals surface area contributed by atoms with Crippen molar-refractivity contribution in [3.05, 3.63) is 129 Å². The van der Waals surface area contributed by atoms with Gasteiger partial charge in [-0.2, -0.15) is 0 Å². The zero-order chi connectivity index (χ0) is 42.1. The average molecular weight is 766 g/mol. The first-order chi connectivity index (χ1) is 26.9. The molecule has 2 atom stereocenters. The van der Waals surface area contributed by atoms with Gasteiger partial charge in [-0.1, -0.05) is 92.3 Å². The summed E-state index contributed by atoms with van der Waals surface area (Å²) in [6, 6.07) is 25.7. The number of rotatable bonds is 4. The lowest BCUT2D eigenvalue weighted by Gasteiger charge is -2.45. The maximum absolute atomic E-state index is 9.79. The van der Waals surface area contributed by atoms with Gasteiger partial charge in [0.15, 0.2) is 0 Å². The number of aryl methyl sites for hydroxylation is 4. The number of benzene rings is 4. The first-order valence-electron chi connectivity index (χ1n) is 20.8. The summed E-state index contributed by atoms with van der Waals surface area (Å²) in [4.78, 5) is 14.9.